The second-order valence-electron chi connectivity index (χ2n) is 6.51. The topological polar surface area (TPSA) is 41.6 Å². The molecular formula is C14H24N2O2. The van der Waals surface area contributed by atoms with Crippen LogP contribution in [-0.2, 0) is 9.53 Å². The van der Waals surface area contributed by atoms with Gasteiger partial charge in [-0.2, -0.15) is 0 Å². The van der Waals surface area contributed by atoms with Gasteiger partial charge in [-0.05, 0) is 19.3 Å². The molecular weight excluding hydrogens is 228 g/mol. The van der Waals surface area contributed by atoms with Crippen LogP contribution in [0.25, 0.3) is 0 Å². The predicted octanol–water partition coefficient (Wildman–Crippen LogP) is 1.01. The van der Waals surface area contributed by atoms with Gasteiger partial charge in [0.15, 0.2) is 0 Å². The number of nitrogens with zero attached hydrogens (tertiary/aromatic N) is 1. The van der Waals surface area contributed by atoms with E-state index in [1.807, 2.05) is 4.90 Å². The predicted molar refractivity (Wildman–Crippen MR) is 69.2 cm³/mol. The third-order valence-corrected chi connectivity index (χ3v) is 5.03. The van der Waals surface area contributed by atoms with Crippen LogP contribution < -0.4 is 5.32 Å². The lowest BCUT2D eigenvalue weighted by atomic mass is 9.57. The first-order valence-electron chi connectivity index (χ1n) is 7.23. The van der Waals surface area contributed by atoms with Gasteiger partial charge in [-0.1, -0.05) is 13.8 Å². The highest BCUT2D eigenvalue weighted by Gasteiger charge is 2.59. The van der Waals surface area contributed by atoms with E-state index >= 15 is 0 Å². The second kappa shape index (κ2) is 4.49. The van der Waals surface area contributed by atoms with Crippen molar-refractivity contribution in [1.82, 2.24) is 10.2 Å². The molecule has 0 aromatic carbocycles. The third-order valence-electron chi connectivity index (χ3n) is 5.03. The molecule has 3 rings (SSSR count). The fourth-order valence-electron chi connectivity index (χ4n) is 4.01. The van der Waals surface area contributed by atoms with E-state index in [2.05, 4.69) is 19.2 Å². The maximum absolute atomic E-state index is 12.0. The summed E-state index contributed by atoms with van der Waals surface area (Å²) in [7, 11) is 0. The SMILES string of the molecule is CC1(C)C(NCC(=O)N2CCCC2)C2CCOC21. The molecule has 2 heterocycles. The van der Waals surface area contributed by atoms with Gasteiger partial charge in [0.05, 0.1) is 12.6 Å². The Labute approximate surface area is 109 Å². The van der Waals surface area contributed by atoms with Crippen molar-refractivity contribution < 1.29 is 9.53 Å². The Bertz CT molecular complexity index is 337. The number of hydrogen-bond donors (Lipinski definition) is 1. The molecule has 3 fully saturated rings. The average Bonchev–Trinajstić information content (AvgIpc) is 2.98. The van der Waals surface area contributed by atoms with Crippen LogP contribution in [0.4, 0.5) is 0 Å². The first-order valence-corrected chi connectivity index (χ1v) is 7.23. The molecule has 0 aromatic rings. The summed E-state index contributed by atoms with van der Waals surface area (Å²) < 4.78 is 5.77. The molecule has 4 nitrogen and oxygen atoms in total. The van der Waals surface area contributed by atoms with Crippen molar-refractivity contribution in [2.75, 3.05) is 26.2 Å². The number of nitrogens with one attached hydrogen (secondary N) is 1. The standard InChI is InChI=1S/C14H24N2O2/c1-14(2)12(10-5-8-18-13(10)14)15-9-11(17)16-6-3-4-7-16/h10,12-13,15H,3-9H2,1-2H3. The zero-order chi connectivity index (χ0) is 12.8. The number of rotatable bonds is 3. The first-order chi connectivity index (χ1) is 8.60. The molecule has 102 valence electrons. The minimum absolute atomic E-state index is 0.173. The lowest BCUT2D eigenvalue weighted by Gasteiger charge is -2.54. The third kappa shape index (κ3) is 1.86. The quantitative estimate of drug-likeness (QED) is 0.815. The Hall–Kier alpha value is -0.610. The van der Waals surface area contributed by atoms with Crippen molar-refractivity contribution in [1.29, 1.82) is 0 Å². The molecule has 3 unspecified atom stereocenters. The fraction of sp³-hybridized carbons (Fsp3) is 0.929. The second-order valence-corrected chi connectivity index (χ2v) is 6.51. The average molecular weight is 252 g/mol. The van der Waals surface area contributed by atoms with Crippen LogP contribution >= 0.6 is 0 Å². The summed E-state index contributed by atoms with van der Waals surface area (Å²) in [5.74, 6) is 0.886. The normalized spacial score (nSPS) is 37.4. The molecule has 1 amide bonds. The number of fused-ring (bicyclic) bond motifs is 1. The largest absolute Gasteiger partial charge is 0.377 e. The summed E-state index contributed by atoms with van der Waals surface area (Å²) in [6.07, 6.45) is 3.87. The Balaban J connectivity index is 1.52. The van der Waals surface area contributed by atoms with E-state index in [0.717, 1.165) is 26.1 Å². The zero-order valence-electron chi connectivity index (χ0n) is 11.4. The number of hydrogen-bond acceptors (Lipinski definition) is 3. The van der Waals surface area contributed by atoms with Crippen LogP contribution in [0.5, 0.6) is 0 Å². The van der Waals surface area contributed by atoms with E-state index in [0.29, 0.717) is 24.6 Å². The van der Waals surface area contributed by atoms with Gasteiger partial charge in [0.1, 0.15) is 0 Å². The molecule has 0 bridgehead atoms. The van der Waals surface area contributed by atoms with Crippen LogP contribution in [0, 0.1) is 11.3 Å². The van der Waals surface area contributed by atoms with E-state index in [9.17, 15) is 4.79 Å². The molecule has 0 radical (unpaired) electrons. The molecule has 2 aliphatic heterocycles. The zero-order valence-corrected chi connectivity index (χ0v) is 11.4. The first kappa shape index (κ1) is 12.4. The Kier molecular flexibility index (Phi) is 3.10. The minimum Gasteiger partial charge on any atom is -0.377 e. The van der Waals surface area contributed by atoms with Crippen molar-refractivity contribution in [2.24, 2.45) is 11.3 Å². The van der Waals surface area contributed by atoms with E-state index < -0.39 is 0 Å². The van der Waals surface area contributed by atoms with E-state index in [-0.39, 0.29) is 11.3 Å². The summed E-state index contributed by atoms with van der Waals surface area (Å²) in [6, 6.07) is 0.441. The van der Waals surface area contributed by atoms with E-state index in [1.54, 1.807) is 0 Å². The smallest absolute Gasteiger partial charge is 0.236 e. The number of carbonyl (C=O) groups excluding carboxylic acids is 1. The molecule has 0 aromatic heterocycles. The molecule has 2 saturated heterocycles. The highest BCUT2D eigenvalue weighted by molar-refractivity contribution is 5.78. The van der Waals surface area contributed by atoms with Gasteiger partial charge in [-0.15, -0.1) is 0 Å². The molecule has 1 aliphatic carbocycles. The lowest BCUT2D eigenvalue weighted by molar-refractivity contribution is -0.133. The Morgan fingerprint density at radius 1 is 1.39 bits per heavy atom. The van der Waals surface area contributed by atoms with Crippen LogP contribution in [0.1, 0.15) is 33.1 Å². The van der Waals surface area contributed by atoms with Crippen molar-refractivity contribution in [2.45, 2.75) is 45.3 Å². The van der Waals surface area contributed by atoms with Gasteiger partial charge in [0.25, 0.3) is 0 Å². The van der Waals surface area contributed by atoms with Gasteiger partial charge in [0.2, 0.25) is 5.91 Å². The molecule has 3 atom stereocenters. The van der Waals surface area contributed by atoms with Gasteiger partial charge >= 0.3 is 0 Å². The molecule has 1 saturated carbocycles. The molecule has 0 spiro atoms. The maximum atomic E-state index is 12.0. The molecule has 1 N–H and O–H groups in total. The maximum Gasteiger partial charge on any atom is 0.236 e. The summed E-state index contributed by atoms with van der Waals surface area (Å²) >= 11 is 0. The number of ether oxygens (including phenoxy) is 1. The van der Waals surface area contributed by atoms with Gasteiger partial charge < -0.3 is 15.0 Å². The number of amides is 1. The molecule has 18 heavy (non-hydrogen) atoms. The summed E-state index contributed by atoms with van der Waals surface area (Å²) in [5.41, 5.74) is 0.173. The lowest BCUT2D eigenvalue weighted by Crippen LogP contribution is -2.66. The number of carbonyl (C=O) groups is 1. The van der Waals surface area contributed by atoms with Gasteiger partial charge in [0, 0.05) is 37.1 Å². The summed E-state index contributed by atoms with van der Waals surface area (Å²) in [5, 5.41) is 3.49. The highest BCUT2D eigenvalue weighted by atomic mass is 16.5. The van der Waals surface area contributed by atoms with Crippen LogP contribution in [0.2, 0.25) is 0 Å². The van der Waals surface area contributed by atoms with Crippen LogP contribution in [0.3, 0.4) is 0 Å². The summed E-state index contributed by atoms with van der Waals surface area (Å²) in [4.78, 5) is 14.0. The van der Waals surface area contributed by atoms with Crippen molar-refractivity contribution in [3.8, 4) is 0 Å². The van der Waals surface area contributed by atoms with Gasteiger partial charge in [-0.25, -0.2) is 0 Å². The van der Waals surface area contributed by atoms with Crippen molar-refractivity contribution in [3.05, 3.63) is 0 Å². The van der Waals surface area contributed by atoms with E-state index in [1.165, 1.54) is 12.8 Å². The van der Waals surface area contributed by atoms with Crippen LogP contribution in [0.15, 0.2) is 0 Å². The monoisotopic (exact) mass is 252 g/mol. The highest BCUT2D eigenvalue weighted by Crippen LogP contribution is 2.51. The van der Waals surface area contributed by atoms with Crippen molar-refractivity contribution in [3.63, 3.8) is 0 Å². The van der Waals surface area contributed by atoms with E-state index in [4.69, 9.17) is 4.74 Å². The molecule has 3 aliphatic rings. The fourth-order valence-corrected chi connectivity index (χ4v) is 4.01. The minimum atomic E-state index is 0.173. The number of likely N-dealkylation sites (tertiary alicyclic amines) is 1. The molecule has 4 heteroatoms. The Morgan fingerprint density at radius 3 is 2.83 bits per heavy atom. The Morgan fingerprint density at radius 2 is 2.11 bits per heavy atom. The van der Waals surface area contributed by atoms with Gasteiger partial charge in [-0.3, -0.25) is 4.79 Å². The summed E-state index contributed by atoms with van der Waals surface area (Å²) in [6.45, 7) is 7.77. The van der Waals surface area contributed by atoms with Crippen LogP contribution in [-0.4, -0.2) is 49.2 Å². The van der Waals surface area contributed by atoms with Crippen molar-refractivity contribution >= 4 is 5.91 Å².